The van der Waals surface area contributed by atoms with Crippen LogP contribution in [0.25, 0.3) is 0 Å². The fourth-order valence-electron chi connectivity index (χ4n) is 2.73. The number of carbonyl (C=O) groups excluding carboxylic acids is 1. The molecule has 1 fully saturated rings. The van der Waals surface area contributed by atoms with Crippen molar-refractivity contribution in [3.05, 3.63) is 35.6 Å². The van der Waals surface area contributed by atoms with Gasteiger partial charge in [-0.3, -0.25) is 9.59 Å². The minimum Gasteiger partial charge on any atom is -0.481 e. The molecule has 114 valence electrons. The van der Waals surface area contributed by atoms with E-state index in [-0.39, 0.29) is 30.6 Å². The average Bonchev–Trinajstić information content (AvgIpc) is 2.47. The lowest BCUT2D eigenvalue weighted by atomic mass is 9.94. The SMILES string of the molecule is C[C@H](CC(=O)N1CCC[C@H](C(=O)O)C1)c1cccc(F)c1. The molecule has 1 heterocycles. The Bertz CT molecular complexity index is 532. The van der Waals surface area contributed by atoms with Gasteiger partial charge in [0.1, 0.15) is 5.82 Å². The van der Waals surface area contributed by atoms with Crippen molar-refractivity contribution in [2.24, 2.45) is 5.92 Å². The molecule has 0 aliphatic carbocycles. The minimum atomic E-state index is -0.842. The molecule has 2 atom stereocenters. The summed E-state index contributed by atoms with van der Waals surface area (Å²) in [6.45, 7) is 2.77. The predicted molar refractivity (Wildman–Crippen MR) is 76.4 cm³/mol. The van der Waals surface area contributed by atoms with Crippen LogP contribution in [0.1, 0.15) is 37.7 Å². The van der Waals surface area contributed by atoms with Crippen LogP contribution in [-0.4, -0.2) is 35.0 Å². The van der Waals surface area contributed by atoms with Gasteiger partial charge in [-0.25, -0.2) is 4.39 Å². The maximum Gasteiger partial charge on any atom is 0.308 e. The molecule has 4 nitrogen and oxygen atoms in total. The van der Waals surface area contributed by atoms with E-state index in [4.69, 9.17) is 5.11 Å². The van der Waals surface area contributed by atoms with Gasteiger partial charge in [-0.2, -0.15) is 0 Å². The number of rotatable bonds is 4. The molecule has 0 unspecified atom stereocenters. The number of carboxylic acids is 1. The molecule has 1 aromatic carbocycles. The largest absolute Gasteiger partial charge is 0.481 e. The molecule has 0 aromatic heterocycles. The first-order valence-electron chi connectivity index (χ1n) is 7.23. The van der Waals surface area contributed by atoms with E-state index in [9.17, 15) is 14.0 Å². The van der Waals surface area contributed by atoms with Crippen LogP contribution in [0, 0.1) is 11.7 Å². The van der Waals surface area contributed by atoms with Crippen molar-refractivity contribution < 1.29 is 19.1 Å². The van der Waals surface area contributed by atoms with Crippen molar-refractivity contribution in [3.8, 4) is 0 Å². The molecule has 1 saturated heterocycles. The number of carboxylic acid groups (broad SMARTS) is 1. The van der Waals surface area contributed by atoms with Crippen molar-refractivity contribution in [3.63, 3.8) is 0 Å². The fourth-order valence-corrected chi connectivity index (χ4v) is 2.73. The van der Waals surface area contributed by atoms with Crippen molar-refractivity contribution >= 4 is 11.9 Å². The van der Waals surface area contributed by atoms with E-state index >= 15 is 0 Å². The Hall–Kier alpha value is -1.91. The van der Waals surface area contributed by atoms with Crippen LogP contribution in [0.15, 0.2) is 24.3 Å². The molecule has 0 radical (unpaired) electrons. The second kappa shape index (κ2) is 6.70. The minimum absolute atomic E-state index is 0.0577. The van der Waals surface area contributed by atoms with Gasteiger partial charge in [0, 0.05) is 19.5 Å². The zero-order valence-electron chi connectivity index (χ0n) is 12.1. The topological polar surface area (TPSA) is 57.6 Å². The maximum absolute atomic E-state index is 13.2. The lowest BCUT2D eigenvalue weighted by molar-refractivity contribution is -0.145. The van der Waals surface area contributed by atoms with Gasteiger partial charge in [0.25, 0.3) is 0 Å². The van der Waals surface area contributed by atoms with Gasteiger partial charge in [-0.05, 0) is 36.5 Å². The summed E-state index contributed by atoms with van der Waals surface area (Å²) in [5.74, 6) is -1.76. The molecule has 0 spiro atoms. The van der Waals surface area contributed by atoms with E-state index in [0.717, 1.165) is 12.0 Å². The number of benzene rings is 1. The van der Waals surface area contributed by atoms with Gasteiger partial charge < -0.3 is 10.0 Å². The molecule has 1 aliphatic heterocycles. The van der Waals surface area contributed by atoms with Gasteiger partial charge in [0.2, 0.25) is 5.91 Å². The number of carbonyl (C=O) groups is 2. The predicted octanol–water partition coefficient (Wildman–Crippen LogP) is 2.64. The monoisotopic (exact) mass is 293 g/mol. The summed E-state index contributed by atoms with van der Waals surface area (Å²) < 4.78 is 13.2. The molecule has 0 saturated carbocycles. The van der Waals surface area contributed by atoms with Gasteiger partial charge >= 0.3 is 5.97 Å². The lowest BCUT2D eigenvalue weighted by Crippen LogP contribution is -2.42. The van der Waals surface area contributed by atoms with Crippen molar-refractivity contribution in [1.82, 2.24) is 4.90 Å². The first-order valence-corrected chi connectivity index (χ1v) is 7.23. The van der Waals surface area contributed by atoms with Crippen LogP contribution in [0.4, 0.5) is 4.39 Å². The summed E-state index contributed by atoms with van der Waals surface area (Å²) in [7, 11) is 0. The number of halogens is 1. The quantitative estimate of drug-likeness (QED) is 0.928. The number of amides is 1. The van der Waals surface area contributed by atoms with Crippen LogP contribution in [-0.2, 0) is 9.59 Å². The van der Waals surface area contributed by atoms with E-state index in [1.54, 1.807) is 17.0 Å². The van der Waals surface area contributed by atoms with Crippen molar-refractivity contribution in [2.75, 3.05) is 13.1 Å². The van der Waals surface area contributed by atoms with Gasteiger partial charge in [-0.1, -0.05) is 19.1 Å². The Morgan fingerprint density at radius 3 is 2.90 bits per heavy atom. The van der Waals surface area contributed by atoms with Crippen LogP contribution in [0.5, 0.6) is 0 Å². The highest BCUT2D eigenvalue weighted by atomic mass is 19.1. The molecule has 1 aliphatic rings. The third kappa shape index (κ3) is 4.03. The van der Waals surface area contributed by atoms with Crippen LogP contribution >= 0.6 is 0 Å². The van der Waals surface area contributed by atoms with E-state index in [1.807, 2.05) is 6.92 Å². The Kier molecular flexibility index (Phi) is 4.94. The van der Waals surface area contributed by atoms with Crippen LogP contribution in [0.3, 0.4) is 0 Å². The molecule has 1 aromatic rings. The Balaban J connectivity index is 1.96. The highest BCUT2D eigenvalue weighted by molar-refractivity contribution is 5.78. The number of hydrogen-bond acceptors (Lipinski definition) is 2. The van der Waals surface area contributed by atoms with Gasteiger partial charge in [-0.15, -0.1) is 0 Å². The van der Waals surface area contributed by atoms with E-state index in [0.29, 0.717) is 13.0 Å². The second-order valence-corrected chi connectivity index (χ2v) is 5.68. The molecule has 2 rings (SSSR count). The van der Waals surface area contributed by atoms with E-state index < -0.39 is 11.9 Å². The normalized spacial score (nSPS) is 20.1. The summed E-state index contributed by atoms with van der Waals surface area (Å²) >= 11 is 0. The standard InChI is InChI=1S/C16H20FNO3/c1-11(12-4-2-6-14(17)9-12)8-15(19)18-7-3-5-13(10-18)16(20)21/h2,4,6,9,11,13H,3,5,7-8,10H2,1H3,(H,20,21)/t11-,13+/m1/s1. The summed E-state index contributed by atoms with van der Waals surface area (Å²) in [5, 5.41) is 9.05. The average molecular weight is 293 g/mol. The third-order valence-corrected chi connectivity index (χ3v) is 4.02. The van der Waals surface area contributed by atoms with Crippen LogP contribution in [0.2, 0.25) is 0 Å². The second-order valence-electron chi connectivity index (χ2n) is 5.68. The molecule has 1 amide bonds. The highest BCUT2D eigenvalue weighted by Crippen LogP contribution is 2.23. The lowest BCUT2D eigenvalue weighted by Gasteiger charge is -2.31. The van der Waals surface area contributed by atoms with Crippen LogP contribution < -0.4 is 0 Å². The van der Waals surface area contributed by atoms with Crippen molar-refractivity contribution in [2.45, 2.75) is 32.1 Å². The molecular weight excluding hydrogens is 273 g/mol. The summed E-state index contributed by atoms with van der Waals surface area (Å²) in [6, 6.07) is 6.25. The summed E-state index contributed by atoms with van der Waals surface area (Å²) in [5.41, 5.74) is 0.787. The number of piperidine rings is 1. The zero-order chi connectivity index (χ0) is 15.4. The van der Waals surface area contributed by atoms with Gasteiger partial charge in [0.05, 0.1) is 5.92 Å². The first kappa shape index (κ1) is 15.5. The van der Waals surface area contributed by atoms with E-state index in [1.165, 1.54) is 12.1 Å². The number of likely N-dealkylation sites (tertiary alicyclic amines) is 1. The molecular formula is C16H20FNO3. The summed E-state index contributed by atoms with van der Waals surface area (Å²) in [6.07, 6.45) is 1.62. The number of aliphatic carboxylic acids is 1. The fraction of sp³-hybridized carbons (Fsp3) is 0.500. The molecule has 1 N–H and O–H groups in total. The molecule has 5 heteroatoms. The summed E-state index contributed by atoms with van der Waals surface area (Å²) in [4.78, 5) is 24.9. The first-order chi connectivity index (χ1) is 9.97. The Labute approximate surface area is 123 Å². The zero-order valence-corrected chi connectivity index (χ0v) is 12.1. The maximum atomic E-state index is 13.2. The number of hydrogen-bond donors (Lipinski definition) is 1. The molecule has 21 heavy (non-hydrogen) atoms. The van der Waals surface area contributed by atoms with E-state index in [2.05, 4.69) is 0 Å². The molecule has 0 bridgehead atoms. The van der Waals surface area contributed by atoms with Gasteiger partial charge in [0.15, 0.2) is 0 Å². The smallest absolute Gasteiger partial charge is 0.308 e. The Morgan fingerprint density at radius 2 is 2.24 bits per heavy atom. The highest BCUT2D eigenvalue weighted by Gasteiger charge is 2.28. The third-order valence-electron chi connectivity index (χ3n) is 4.02. The Morgan fingerprint density at radius 1 is 1.48 bits per heavy atom. The number of nitrogens with zero attached hydrogens (tertiary/aromatic N) is 1. The van der Waals surface area contributed by atoms with Crippen molar-refractivity contribution in [1.29, 1.82) is 0 Å².